The van der Waals surface area contributed by atoms with Crippen LogP contribution in [0.5, 0.6) is 0 Å². The normalized spacial score (nSPS) is 27.9. The van der Waals surface area contributed by atoms with Crippen LogP contribution in [-0.4, -0.2) is 38.1 Å². The summed E-state index contributed by atoms with van der Waals surface area (Å²) in [7, 11) is 2.08. The second kappa shape index (κ2) is 7.52. The molecule has 1 atom stereocenters. The van der Waals surface area contributed by atoms with Gasteiger partial charge in [0, 0.05) is 13.1 Å². The molecule has 0 bridgehead atoms. The van der Waals surface area contributed by atoms with E-state index >= 15 is 0 Å². The van der Waals surface area contributed by atoms with Crippen molar-refractivity contribution in [3.8, 4) is 0 Å². The Morgan fingerprint density at radius 2 is 1.75 bits per heavy atom. The van der Waals surface area contributed by atoms with E-state index in [1.165, 1.54) is 64.7 Å². The van der Waals surface area contributed by atoms with Crippen molar-refractivity contribution in [2.45, 2.75) is 38.5 Å². The predicted molar refractivity (Wildman–Crippen MR) is 72.3 cm³/mol. The van der Waals surface area contributed by atoms with E-state index in [1.54, 1.807) is 0 Å². The van der Waals surface area contributed by atoms with Crippen molar-refractivity contribution in [3.63, 3.8) is 0 Å². The number of nitrogens with zero attached hydrogens (tertiary/aromatic N) is 1. The number of hydrogen-bond acceptors (Lipinski definition) is 2. The van der Waals surface area contributed by atoms with Gasteiger partial charge in [-0.1, -0.05) is 12.8 Å². The monoisotopic (exact) mass is 246 g/mol. The first-order valence-corrected chi connectivity index (χ1v) is 6.75. The zero-order valence-corrected chi connectivity index (χ0v) is 11.4. The summed E-state index contributed by atoms with van der Waals surface area (Å²) in [4.78, 5) is 2.72. The second-order valence-corrected chi connectivity index (χ2v) is 5.48. The molecular weight excluding hydrogens is 220 g/mol. The minimum absolute atomic E-state index is 0. The van der Waals surface area contributed by atoms with Gasteiger partial charge in [0.15, 0.2) is 0 Å². The fourth-order valence-electron chi connectivity index (χ4n) is 3.33. The fraction of sp³-hybridized carbons (Fsp3) is 1.00. The van der Waals surface area contributed by atoms with Crippen LogP contribution in [-0.2, 0) is 0 Å². The number of halogens is 1. The van der Waals surface area contributed by atoms with Gasteiger partial charge in [-0.3, -0.25) is 0 Å². The van der Waals surface area contributed by atoms with Crippen LogP contribution in [0.25, 0.3) is 0 Å². The minimum atomic E-state index is 0. The third-order valence-corrected chi connectivity index (χ3v) is 4.09. The summed E-state index contributed by atoms with van der Waals surface area (Å²) >= 11 is 0. The molecular formula is C13H27ClN2. The van der Waals surface area contributed by atoms with Gasteiger partial charge in [0.05, 0.1) is 0 Å². The first-order chi connectivity index (χ1) is 7.38. The highest BCUT2D eigenvalue weighted by Gasteiger charge is 2.23. The van der Waals surface area contributed by atoms with Gasteiger partial charge in [-0.15, -0.1) is 12.4 Å². The Hall–Kier alpha value is 0.210. The van der Waals surface area contributed by atoms with Crippen molar-refractivity contribution in [1.29, 1.82) is 0 Å². The molecule has 1 saturated carbocycles. The molecule has 0 aromatic carbocycles. The van der Waals surface area contributed by atoms with Gasteiger partial charge in [-0.2, -0.15) is 0 Å². The summed E-state index contributed by atoms with van der Waals surface area (Å²) in [5, 5.41) is 3.32. The largest absolute Gasteiger partial charge is 0.319 e. The van der Waals surface area contributed by atoms with Gasteiger partial charge in [0.25, 0.3) is 0 Å². The van der Waals surface area contributed by atoms with Crippen molar-refractivity contribution in [3.05, 3.63) is 0 Å². The molecule has 0 amide bonds. The van der Waals surface area contributed by atoms with E-state index in [2.05, 4.69) is 17.3 Å². The van der Waals surface area contributed by atoms with Gasteiger partial charge in [0.1, 0.15) is 0 Å². The molecule has 1 aliphatic carbocycles. The number of rotatable bonds is 4. The lowest BCUT2D eigenvalue weighted by Crippen LogP contribution is -2.41. The Kier molecular flexibility index (Phi) is 6.71. The Morgan fingerprint density at radius 3 is 2.44 bits per heavy atom. The molecule has 0 spiro atoms. The third kappa shape index (κ3) is 4.23. The maximum atomic E-state index is 3.32. The number of nitrogens with one attached hydrogen (secondary N) is 1. The molecule has 0 aromatic heterocycles. The average molecular weight is 247 g/mol. The molecule has 2 fully saturated rings. The van der Waals surface area contributed by atoms with Gasteiger partial charge < -0.3 is 10.2 Å². The lowest BCUT2D eigenvalue weighted by atomic mass is 9.96. The highest BCUT2D eigenvalue weighted by atomic mass is 35.5. The van der Waals surface area contributed by atoms with Crippen LogP contribution in [0.2, 0.25) is 0 Å². The highest BCUT2D eigenvalue weighted by molar-refractivity contribution is 5.85. The maximum absolute atomic E-state index is 3.32. The van der Waals surface area contributed by atoms with Crippen molar-refractivity contribution in [2.24, 2.45) is 11.8 Å². The van der Waals surface area contributed by atoms with E-state index in [9.17, 15) is 0 Å². The van der Waals surface area contributed by atoms with Crippen LogP contribution < -0.4 is 5.32 Å². The first-order valence-electron chi connectivity index (χ1n) is 6.75. The van der Waals surface area contributed by atoms with E-state index in [-0.39, 0.29) is 12.4 Å². The van der Waals surface area contributed by atoms with Crippen molar-refractivity contribution in [1.82, 2.24) is 10.2 Å². The molecule has 1 heterocycles. The standard InChI is InChI=1S/C13H26N2.ClH/c1-14-9-13-7-4-8-15(11-13)10-12-5-2-3-6-12;/h12-14H,2-11H2,1H3;1H. The van der Waals surface area contributed by atoms with E-state index in [4.69, 9.17) is 0 Å². The molecule has 96 valence electrons. The number of likely N-dealkylation sites (tertiary alicyclic amines) is 1. The lowest BCUT2D eigenvalue weighted by molar-refractivity contribution is 0.151. The van der Waals surface area contributed by atoms with Crippen LogP contribution in [0.15, 0.2) is 0 Å². The van der Waals surface area contributed by atoms with Crippen molar-refractivity contribution < 1.29 is 0 Å². The zero-order valence-electron chi connectivity index (χ0n) is 10.6. The molecule has 16 heavy (non-hydrogen) atoms. The quantitative estimate of drug-likeness (QED) is 0.820. The third-order valence-electron chi connectivity index (χ3n) is 4.09. The maximum Gasteiger partial charge on any atom is 0.00219 e. The molecule has 1 aliphatic heterocycles. The van der Waals surface area contributed by atoms with Gasteiger partial charge in [0.2, 0.25) is 0 Å². The summed E-state index contributed by atoms with van der Waals surface area (Å²) in [5.74, 6) is 1.93. The topological polar surface area (TPSA) is 15.3 Å². The van der Waals surface area contributed by atoms with Gasteiger partial charge in [-0.25, -0.2) is 0 Å². The van der Waals surface area contributed by atoms with E-state index in [0.29, 0.717) is 0 Å². The summed E-state index contributed by atoms with van der Waals surface area (Å²) in [6.45, 7) is 5.30. The van der Waals surface area contributed by atoms with Gasteiger partial charge >= 0.3 is 0 Å². The van der Waals surface area contributed by atoms with E-state index in [0.717, 1.165) is 11.8 Å². The SMILES string of the molecule is CNCC1CCCN(CC2CCCC2)C1.Cl. The first kappa shape index (κ1) is 14.3. The number of hydrogen-bond donors (Lipinski definition) is 1. The average Bonchev–Trinajstić information content (AvgIpc) is 2.71. The van der Waals surface area contributed by atoms with Crippen LogP contribution in [0.4, 0.5) is 0 Å². The summed E-state index contributed by atoms with van der Waals surface area (Å²) in [5.41, 5.74) is 0. The molecule has 1 N–H and O–H groups in total. The van der Waals surface area contributed by atoms with E-state index in [1.807, 2.05) is 0 Å². The summed E-state index contributed by atoms with van der Waals surface area (Å²) in [6, 6.07) is 0. The van der Waals surface area contributed by atoms with Crippen molar-refractivity contribution in [2.75, 3.05) is 33.2 Å². The van der Waals surface area contributed by atoms with Gasteiger partial charge in [-0.05, 0) is 57.7 Å². The molecule has 0 radical (unpaired) electrons. The highest BCUT2D eigenvalue weighted by Crippen LogP contribution is 2.27. The molecule has 1 unspecified atom stereocenters. The zero-order chi connectivity index (χ0) is 10.5. The Labute approximate surface area is 107 Å². The molecule has 2 rings (SSSR count). The van der Waals surface area contributed by atoms with Crippen LogP contribution in [0.3, 0.4) is 0 Å². The summed E-state index contributed by atoms with van der Waals surface area (Å²) < 4.78 is 0. The molecule has 3 heteroatoms. The molecule has 1 saturated heterocycles. The Morgan fingerprint density at radius 1 is 1.06 bits per heavy atom. The fourth-order valence-corrected chi connectivity index (χ4v) is 3.33. The lowest BCUT2D eigenvalue weighted by Gasteiger charge is -2.34. The summed E-state index contributed by atoms with van der Waals surface area (Å²) in [6.07, 6.45) is 8.80. The Bertz CT molecular complexity index is 179. The second-order valence-electron chi connectivity index (χ2n) is 5.48. The number of piperidine rings is 1. The minimum Gasteiger partial charge on any atom is -0.319 e. The molecule has 2 aliphatic rings. The van der Waals surface area contributed by atoms with E-state index < -0.39 is 0 Å². The van der Waals surface area contributed by atoms with Crippen LogP contribution in [0.1, 0.15) is 38.5 Å². The van der Waals surface area contributed by atoms with Crippen LogP contribution >= 0.6 is 12.4 Å². The Balaban J connectivity index is 0.00000128. The predicted octanol–water partition coefficient (Wildman–Crippen LogP) is 2.53. The van der Waals surface area contributed by atoms with Crippen molar-refractivity contribution >= 4 is 12.4 Å². The molecule has 2 nitrogen and oxygen atoms in total. The smallest absolute Gasteiger partial charge is 0.00219 e. The molecule has 0 aromatic rings. The van der Waals surface area contributed by atoms with Crippen LogP contribution in [0, 0.1) is 11.8 Å².